The van der Waals surface area contributed by atoms with E-state index in [1.54, 1.807) is 0 Å². The molecule has 0 aliphatic heterocycles. The van der Waals surface area contributed by atoms with Gasteiger partial charge in [-0.3, -0.25) is 14.1 Å². The number of aliphatic carboxylic acids is 1. The van der Waals surface area contributed by atoms with Gasteiger partial charge in [0.2, 0.25) is 10.7 Å². The number of allylic oxidation sites excluding steroid dienone is 1. The van der Waals surface area contributed by atoms with E-state index in [2.05, 4.69) is 6.58 Å². The van der Waals surface area contributed by atoms with Crippen LogP contribution in [-0.2, 0) is 19.7 Å². The van der Waals surface area contributed by atoms with Crippen LogP contribution in [0.5, 0.6) is 0 Å². The fourth-order valence-electron chi connectivity index (χ4n) is 1.06. The van der Waals surface area contributed by atoms with Gasteiger partial charge in [0.15, 0.2) is 0 Å². The first-order valence-electron chi connectivity index (χ1n) is 3.77. The second-order valence-corrected chi connectivity index (χ2v) is 4.64. The molecule has 0 bridgehead atoms. The largest absolute Gasteiger partial charge is 0.480 e. The molecule has 0 heterocycles. The maximum Gasteiger partial charge on any atom is 0.328 e. The third kappa shape index (κ3) is 5.84. The summed E-state index contributed by atoms with van der Waals surface area (Å²) in [5.74, 6) is -2.99. The summed E-state index contributed by atoms with van der Waals surface area (Å²) in [6.45, 7) is 3.16. The number of carboxylic acids is 1. The zero-order valence-electron chi connectivity index (χ0n) is 9.71. The molecule has 1 atom stereocenters. The summed E-state index contributed by atoms with van der Waals surface area (Å²) in [5, 5.41) is 8.74. The Morgan fingerprint density at radius 3 is 1.94 bits per heavy atom. The van der Waals surface area contributed by atoms with Crippen LogP contribution in [0.2, 0.25) is 0 Å². The number of carbonyl (C=O) groups is 2. The Labute approximate surface area is 143 Å². The first-order chi connectivity index (χ1) is 6.67. The molecule has 17 heavy (non-hydrogen) atoms. The minimum atomic E-state index is -4.95. The van der Waals surface area contributed by atoms with Crippen molar-refractivity contribution in [3.63, 3.8) is 0 Å². The van der Waals surface area contributed by atoms with E-state index in [1.165, 1.54) is 0 Å². The second kappa shape index (κ2) is 8.65. The SMILES string of the molecule is C=CCC(CC(N)=O)(C(=O)O)S(=O)(=O)O.[Na].[Na]. The zero-order valence-corrected chi connectivity index (χ0v) is 14.5. The van der Waals surface area contributed by atoms with Gasteiger partial charge >= 0.3 is 5.97 Å². The van der Waals surface area contributed by atoms with E-state index in [-0.39, 0.29) is 59.1 Å². The first kappa shape index (κ1) is 22.7. The molecule has 0 aromatic heterocycles. The monoisotopic (exact) mass is 283 g/mol. The quantitative estimate of drug-likeness (QED) is 0.305. The van der Waals surface area contributed by atoms with E-state index in [0.29, 0.717) is 0 Å². The van der Waals surface area contributed by atoms with Crippen LogP contribution in [0, 0.1) is 0 Å². The minimum Gasteiger partial charge on any atom is -0.480 e. The molecule has 0 rings (SSSR count). The summed E-state index contributed by atoms with van der Waals surface area (Å²) in [7, 11) is -4.95. The number of rotatable bonds is 6. The maximum atomic E-state index is 10.9. The van der Waals surface area contributed by atoms with Crippen LogP contribution in [0.15, 0.2) is 12.7 Å². The Balaban J connectivity index is -0.000000980. The van der Waals surface area contributed by atoms with E-state index >= 15 is 0 Å². The fourth-order valence-corrected chi connectivity index (χ4v) is 1.93. The van der Waals surface area contributed by atoms with E-state index < -0.39 is 39.6 Å². The molecule has 0 aromatic rings. The van der Waals surface area contributed by atoms with Crippen molar-refractivity contribution in [2.75, 3.05) is 0 Å². The van der Waals surface area contributed by atoms with E-state index in [0.717, 1.165) is 6.08 Å². The van der Waals surface area contributed by atoms with Crippen molar-refractivity contribution in [1.29, 1.82) is 0 Å². The molecule has 10 heteroatoms. The van der Waals surface area contributed by atoms with E-state index in [1.807, 2.05) is 0 Å². The third-order valence-electron chi connectivity index (χ3n) is 1.82. The maximum absolute atomic E-state index is 10.9. The van der Waals surface area contributed by atoms with Gasteiger partial charge in [-0.05, 0) is 6.42 Å². The number of amides is 1. The van der Waals surface area contributed by atoms with Gasteiger partial charge in [0.25, 0.3) is 10.1 Å². The Kier molecular flexibility index (Phi) is 11.6. The van der Waals surface area contributed by atoms with E-state index in [9.17, 15) is 18.0 Å². The number of carbonyl (C=O) groups excluding carboxylic acids is 1. The van der Waals surface area contributed by atoms with Crippen molar-refractivity contribution < 1.29 is 27.7 Å². The predicted molar refractivity (Wildman–Crippen MR) is 62.0 cm³/mol. The van der Waals surface area contributed by atoms with Crippen molar-refractivity contribution in [3.05, 3.63) is 12.7 Å². The Morgan fingerprint density at radius 2 is 1.76 bits per heavy atom. The molecule has 7 nitrogen and oxygen atoms in total. The molecule has 0 aliphatic carbocycles. The Hall–Kier alpha value is 0.590. The van der Waals surface area contributed by atoms with Crippen LogP contribution in [0.25, 0.3) is 0 Å². The minimum absolute atomic E-state index is 0. The molecule has 0 saturated heterocycles. The molecular formula is C7H11NNa2O6S. The summed E-state index contributed by atoms with van der Waals surface area (Å²) in [6, 6.07) is 0. The van der Waals surface area contributed by atoms with Crippen molar-refractivity contribution in [2.24, 2.45) is 5.73 Å². The molecule has 4 N–H and O–H groups in total. The van der Waals surface area contributed by atoms with Crippen LogP contribution in [0.4, 0.5) is 0 Å². The number of primary amides is 1. The molecule has 0 aliphatic rings. The first-order valence-corrected chi connectivity index (χ1v) is 5.21. The molecule has 0 saturated carbocycles. The molecule has 88 valence electrons. The fraction of sp³-hybridized carbons (Fsp3) is 0.429. The molecule has 1 unspecified atom stereocenters. The van der Waals surface area contributed by atoms with Gasteiger partial charge in [-0.2, -0.15) is 8.42 Å². The van der Waals surface area contributed by atoms with Crippen LogP contribution in [-0.4, -0.2) is 93.8 Å². The van der Waals surface area contributed by atoms with Crippen LogP contribution < -0.4 is 5.73 Å². The normalized spacial score (nSPS) is 13.5. The van der Waals surface area contributed by atoms with Crippen molar-refractivity contribution in [3.8, 4) is 0 Å². The van der Waals surface area contributed by atoms with Crippen LogP contribution in [0.1, 0.15) is 12.8 Å². The molecule has 2 radical (unpaired) electrons. The summed E-state index contributed by atoms with van der Waals surface area (Å²) in [4.78, 5) is 21.4. The Morgan fingerprint density at radius 1 is 1.35 bits per heavy atom. The summed E-state index contributed by atoms with van der Waals surface area (Å²) in [5.41, 5.74) is 4.73. The average molecular weight is 283 g/mol. The van der Waals surface area contributed by atoms with Gasteiger partial charge in [0, 0.05) is 59.1 Å². The standard InChI is InChI=1S/C7H11NO6S.2Na/c1-2-3-7(6(10)11,4-5(8)9)15(12,13)14;;/h2H,1,3-4H2,(H2,8,9)(H,10,11)(H,12,13,14);;. The summed E-state index contributed by atoms with van der Waals surface area (Å²) < 4.78 is 28.1. The van der Waals surface area contributed by atoms with Gasteiger partial charge in [-0.1, -0.05) is 6.08 Å². The van der Waals surface area contributed by atoms with Crippen molar-refractivity contribution >= 4 is 81.1 Å². The van der Waals surface area contributed by atoms with Crippen molar-refractivity contribution in [2.45, 2.75) is 17.6 Å². The second-order valence-electron chi connectivity index (χ2n) is 2.91. The Bertz CT molecular complexity index is 395. The third-order valence-corrected chi connectivity index (χ3v) is 3.29. The van der Waals surface area contributed by atoms with Gasteiger partial charge in [-0.15, -0.1) is 6.58 Å². The predicted octanol–water partition coefficient (Wildman–Crippen LogP) is -1.61. The van der Waals surface area contributed by atoms with Crippen LogP contribution >= 0.6 is 0 Å². The molecule has 0 spiro atoms. The van der Waals surface area contributed by atoms with Crippen molar-refractivity contribution in [1.82, 2.24) is 0 Å². The van der Waals surface area contributed by atoms with Gasteiger partial charge in [0.05, 0.1) is 6.42 Å². The molecule has 1 amide bonds. The topological polar surface area (TPSA) is 135 Å². The zero-order chi connectivity index (χ0) is 12.3. The smallest absolute Gasteiger partial charge is 0.328 e. The molecule has 0 fully saturated rings. The number of hydrogen-bond donors (Lipinski definition) is 3. The number of carboxylic acid groups (broad SMARTS) is 1. The number of nitrogens with two attached hydrogens (primary N) is 1. The molecule has 0 aromatic carbocycles. The van der Waals surface area contributed by atoms with Gasteiger partial charge in [0.1, 0.15) is 0 Å². The molecular weight excluding hydrogens is 272 g/mol. The number of hydrogen-bond acceptors (Lipinski definition) is 4. The van der Waals surface area contributed by atoms with Gasteiger partial charge < -0.3 is 10.8 Å². The summed E-state index contributed by atoms with van der Waals surface area (Å²) in [6.07, 6.45) is -0.637. The van der Waals surface area contributed by atoms with Crippen LogP contribution in [0.3, 0.4) is 0 Å². The average Bonchev–Trinajstić information content (AvgIpc) is 1.99. The van der Waals surface area contributed by atoms with E-state index in [4.69, 9.17) is 15.4 Å². The summed E-state index contributed by atoms with van der Waals surface area (Å²) >= 11 is 0. The van der Waals surface area contributed by atoms with Gasteiger partial charge in [-0.25, -0.2) is 0 Å².